The number of anilines is 1. The third kappa shape index (κ3) is 3.91. The number of carbonyl (C=O) groups excluding carboxylic acids is 1. The zero-order valence-corrected chi connectivity index (χ0v) is 12.6. The predicted molar refractivity (Wildman–Crippen MR) is 86.5 cm³/mol. The molecule has 0 saturated carbocycles. The Morgan fingerprint density at radius 3 is 2.61 bits per heavy atom. The number of aryl methyl sites for hydroxylation is 1. The molecule has 0 bridgehead atoms. The minimum atomic E-state index is -0.322. The predicted octanol–water partition coefficient (Wildman–Crippen LogP) is 2.20. The van der Waals surface area contributed by atoms with Crippen molar-refractivity contribution in [2.45, 2.75) is 6.54 Å². The van der Waals surface area contributed by atoms with Crippen LogP contribution < -0.4 is 10.6 Å². The first kappa shape index (κ1) is 14.7. The van der Waals surface area contributed by atoms with E-state index in [1.807, 2.05) is 43.6 Å². The van der Waals surface area contributed by atoms with Crippen molar-refractivity contribution >= 4 is 11.8 Å². The topological polar surface area (TPSA) is 84.7 Å². The van der Waals surface area contributed by atoms with Crippen LogP contribution in [0.5, 0.6) is 0 Å². The molecule has 1 aromatic carbocycles. The summed E-state index contributed by atoms with van der Waals surface area (Å²) in [4.78, 5) is 11.8. The molecule has 2 heterocycles. The van der Waals surface area contributed by atoms with Crippen molar-refractivity contribution in [2.75, 3.05) is 5.32 Å². The van der Waals surface area contributed by atoms with Gasteiger partial charge in [0.25, 0.3) is 0 Å². The van der Waals surface area contributed by atoms with E-state index in [0.29, 0.717) is 18.1 Å². The summed E-state index contributed by atoms with van der Waals surface area (Å²) in [6.45, 7) is 0.452. The number of hydrogen-bond donors (Lipinski definition) is 2. The van der Waals surface area contributed by atoms with Gasteiger partial charge in [-0.3, -0.25) is 10.00 Å². The quantitative estimate of drug-likeness (QED) is 0.774. The minimum Gasteiger partial charge on any atom is -0.334 e. The molecule has 3 aromatic rings. The van der Waals surface area contributed by atoms with E-state index in [0.717, 1.165) is 11.1 Å². The molecule has 0 spiro atoms. The van der Waals surface area contributed by atoms with Gasteiger partial charge < -0.3 is 5.32 Å². The van der Waals surface area contributed by atoms with Crippen molar-refractivity contribution in [3.05, 3.63) is 60.4 Å². The van der Waals surface area contributed by atoms with Gasteiger partial charge in [-0.05, 0) is 17.7 Å². The lowest BCUT2D eigenvalue weighted by atomic mass is 10.2. The number of nitrogens with one attached hydrogen (secondary N) is 2. The number of aromatic nitrogens is 4. The summed E-state index contributed by atoms with van der Waals surface area (Å²) < 4.78 is 1.69. The lowest BCUT2D eigenvalue weighted by Crippen LogP contribution is -2.28. The van der Waals surface area contributed by atoms with E-state index >= 15 is 0 Å². The summed E-state index contributed by atoms with van der Waals surface area (Å²) in [6, 6.07) is 12.9. The summed E-state index contributed by atoms with van der Waals surface area (Å²) in [6.07, 6.45) is 3.56. The molecule has 2 N–H and O–H groups in total. The molecular formula is C16H16N6O. The van der Waals surface area contributed by atoms with E-state index in [1.54, 1.807) is 23.0 Å². The van der Waals surface area contributed by atoms with E-state index in [4.69, 9.17) is 0 Å². The van der Waals surface area contributed by atoms with Gasteiger partial charge in [0.15, 0.2) is 5.82 Å². The van der Waals surface area contributed by atoms with Crippen LogP contribution in [0.3, 0.4) is 0 Å². The highest BCUT2D eigenvalue weighted by atomic mass is 16.2. The number of nitrogens with zero attached hydrogens (tertiary/aromatic N) is 4. The lowest BCUT2D eigenvalue weighted by Gasteiger charge is -2.06. The van der Waals surface area contributed by atoms with Crippen LogP contribution in [0.15, 0.2) is 54.9 Å². The van der Waals surface area contributed by atoms with Crippen molar-refractivity contribution in [3.8, 4) is 11.3 Å². The van der Waals surface area contributed by atoms with Gasteiger partial charge in [0.2, 0.25) is 0 Å². The van der Waals surface area contributed by atoms with Crippen molar-refractivity contribution in [3.63, 3.8) is 0 Å². The van der Waals surface area contributed by atoms with E-state index in [9.17, 15) is 4.79 Å². The Hall–Kier alpha value is -3.22. The minimum absolute atomic E-state index is 0.322. The molecule has 0 saturated heterocycles. The van der Waals surface area contributed by atoms with Crippen LogP contribution in [0, 0.1) is 0 Å². The normalized spacial score (nSPS) is 10.3. The fraction of sp³-hybridized carbons (Fsp3) is 0.125. The molecule has 0 aliphatic carbocycles. The van der Waals surface area contributed by atoms with Crippen LogP contribution >= 0.6 is 0 Å². The Labute approximate surface area is 133 Å². The average molecular weight is 308 g/mol. The van der Waals surface area contributed by atoms with Crippen LogP contribution in [0.4, 0.5) is 10.6 Å². The molecule has 3 rings (SSSR count). The number of hydrogen-bond acceptors (Lipinski definition) is 4. The van der Waals surface area contributed by atoms with E-state index in [1.165, 1.54) is 0 Å². The SMILES string of the molecule is Cn1cc(-c2ccc(NC(=O)NCc3ccccc3)nn2)cn1. The van der Waals surface area contributed by atoms with E-state index < -0.39 is 0 Å². The summed E-state index contributed by atoms with van der Waals surface area (Å²) in [5.41, 5.74) is 2.61. The van der Waals surface area contributed by atoms with Crippen LogP contribution in [0.25, 0.3) is 11.3 Å². The maximum absolute atomic E-state index is 11.8. The second-order valence-corrected chi connectivity index (χ2v) is 5.00. The smallest absolute Gasteiger partial charge is 0.320 e. The molecule has 0 aliphatic heterocycles. The molecule has 0 radical (unpaired) electrons. The van der Waals surface area contributed by atoms with Gasteiger partial charge in [-0.15, -0.1) is 10.2 Å². The number of urea groups is 1. The third-order valence-corrected chi connectivity index (χ3v) is 3.20. The molecule has 116 valence electrons. The zero-order valence-electron chi connectivity index (χ0n) is 12.6. The second-order valence-electron chi connectivity index (χ2n) is 5.00. The first-order valence-corrected chi connectivity index (χ1v) is 7.12. The van der Waals surface area contributed by atoms with Crippen molar-refractivity contribution < 1.29 is 4.79 Å². The third-order valence-electron chi connectivity index (χ3n) is 3.20. The highest BCUT2D eigenvalue weighted by Gasteiger charge is 2.06. The van der Waals surface area contributed by atoms with Crippen LogP contribution in [-0.4, -0.2) is 26.0 Å². The molecule has 2 amide bonds. The zero-order chi connectivity index (χ0) is 16.1. The molecule has 7 heteroatoms. The molecule has 2 aromatic heterocycles. The van der Waals surface area contributed by atoms with E-state index in [-0.39, 0.29) is 6.03 Å². The van der Waals surface area contributed by atoms with Gasteiger partial charge in [-0.1, -0.05) is 30.3 Å². The van der Waals surface area contributed by atoms with Crippen LogP contribution in [0.1, 0.15) is 5.56 Å². The van der Waals surface area contributed by atoms with Crippen LogP contribution in [0.2, 0.25) is 0 Å². The van der Waals surface area contributed by atoms with Gasteiger partial charge in [0, 0.05) is 25.4 Å². The van der Waals surface area contributed by atoms with Crippen LogP contribution in [-0.2, 0) is 13.6 Å². The molecular weight excluding hydrogens is 292 g/mol. The fourth-order valence-corrected chi connectivity index (χ4v) is 2.05. The van der Waals surface area contributed by atoms with Crippen molar-refractivity contribution in [1.29, 1.82) is 0 Å². The van der Waals surface area contributed by atoms with Gasteiger partial charge in [-0.2, -0.15) is 5.10 Å². The highest BCUT2D eigenvalue weighted by molar-refractivity contribution is 5.88. The Bertz CT molecular complexity index is 782. The van der Waals surface area contributed by atoms with Crippen molar-refractivity contribution in [2.24, 2.45) is 7.05 Å². The second kappa shape index (κ2) is 6.69. The highest BCUT2D eigenvalue weighted by Crippen LogP contribution is 2.15. The number of carbonyl (C=O) groups is 1. The molecule has 23 heavy (non-hydrogen) atoms. The number of amides is 2. The molecule has 0 aliphatic rings. The maximum atomic E-state index is 11.8. The van der Waals surface area contributed by atoms with Gasteiger partial charge in [0.05, 0.1) is 11.9 Å². The summed E-state index contributed by atoms with van der Waals surface area (Å²) in [5.74, 6) is 0.392. The summed E-state index contributed by atoms with van der Waals surface area (Å²) >= 11 is 0. The first-order chi connectivity index (χ1) is 11.2. The first-order valence-electron chi connectivity index (χ1n) is 7.12. The Morgan fingerprint density at radius 2 is 1.96 bits per heavy atom. The molecule has 0 fully saturated rings. The molecule has 0 atom stereocenters. The Kier molecular flexibility index (Phi) is 4.28. The van der Waals surface area contributed by atoms with Crippen molar-refractivity contribution in [1.82, 2.24) is 25.3 Å². The Balaban J connectivity index is 1.56. The lowest BCUT2D eigenvalue weighted by molar-refractivity contribution is 0.251. The standard InChI is InChI=1S/C16H16N6O/c1-22-11-13(10-18-22)14-7-8-15(21-20-14)19-16(23)17-9-12-5-3-2-4-6-12/h2-8,10-11H,9H2,1H3,(H2,17,19,21,23). The summed E-state index contributed by atoms with van der Waals surface area (Å²) in [5, 5.41) is 17.6. The Morgan fingerprint density at radius 1 is 1.13 bits per heavy atom. The monoisotopic (exact) mass is 308 g/mol. The summed E-state index contributed by atoms with van der Waals surface area (Å²) in [7, 11) is 1.84. The largest absolute Gasteiger partial charge is 0.334 e. The van der Waals surface area contributed by atoms with E-state index in [2.05, 4.69) is 25.9 Å². The van der Waals surface area contributed by atoms with Gasteiger partial charge in [-0.25, -0.2) is 4.79 Å². The van der Waals surface area contributed by atoms with Gasteiger partial charge in [0.1, 0.15) is 0 Å². The van der Waals surface area contributed by atoms with Gasteiger partial charge >= 0.3 is 6.03 Å². The number of rotatable bonds is 4. The molecule has 7 nitrogen and oxygen atoms in total. The maximum Gasteiger partial charge on any atom is 0.320 e. The fourth-order valence-electron chi connectivity index (χ4n) is 2.05. The molecule has 0 unspecified atom stereocenters. The average Bonchev–Trinajstić information content (AvgIpc) is 3.01. The number of benzene rings is 1.